The van der Waals surface area contributed by atoms with E-state index in [2.05, 4.69) is 80.6 Å². The molecule has 0 atom stereocenters. The van der Waals surface area contributed by atoms with Gasteiger partial charge in [-0.1, -0.05) is 74.5 Å². The van der Waals surface area contributed by atoms with Crippen LogP contribution in [-0.4, -0.2) is 0 Å². The molecule has 24 heavy (non-hydrogen) atoms. The molecule has 0 fully saturated rings. The third kappa shape index (κ3) is 1.85. The highest BCUT2D eigenvalue weighted by molar-refractivity contribution is 7.27. The van der Waals surface area contributed by atoms with Crippen LogP contribution in [0.25, 0.3) is 41.7 Å². The molecule has 116 valence electrons. The molecule has 0 bridgehead atoms. The highest BCUT2D eigenvalue weighted by atomic mass is 32.1. The summed E-state index contributed by atoms with van der Waals surface area (Å²) in [5.74, 6) is 0.563. The zero-order chi connectivity index (χ0) is 16.3. The largest absolute Gasteiger partial charge is 0.134 e. The number of hydrogen-bond donors (Lipinski definition) is 0. The van der Waals surface area contributed by atoms with Crippen LogP contribution >= 0.6 is 11.3 Å². The van der Waals surface area contributed by atoms with Gasteiger partial charge in [0.1, 0.15) is 0 Å². The summed E-state index contributed by atoms with van der Waals surface area (Å²) in [6, 6.07) is 24.6. The maximum Gasteiger partial charge on any atom is 0.0440 e. The molecule has 0 N–H and O–H groups in total. The van der Waals surface area contributed by atoms with Crippen LogP contribution in [0.15, 0.2) is 66.7 Å². The van der Waals surface area contributed by atoms with Gasteiger partial charge in [-0.2, -0.15) is 0 Å². The van der Waals surface area contributed by atoms with E-state index in [0.717, 1.165) is 0 Å². The Labute approximate surface area is 145 Å². The first kappa shape index (κ1) is 14.0. The Morgan fingerprint density at radius 2 is 1.29 bits per heavy atom. The average molecular weight is 326 g/mol. The molecule has 0 radical (unpaired) electrons. The van der Waals surface area contributed by atoms with E-state index in [-0.39, 0.29) is 0 Å². The Morgan fingerprint density at radius 1 is 0.667 bits per heavy atom. The fourth-order valence-corrected chi connectivity index (χ4v) is 5.09. The summed E-state index contributed by atoms with van der Waals surface area (Å²) in [7, 11) is 0. The van der Waals surface area contributed by atoms with E-state index in [1.54, 1.807) is 0 Å². The Balaban J connectivity index is 2.08. The molecule has 0 aliphatic rings. The van der Waals surface area contributed by atoms with Crippen LogP contribution in [0.1, 0.15) is 25.3 Å². The lowest BCUT2D eigenvalue weighted by atomic mass is 9.96. The SMILES string of the molecule is CC(C)c1ccc2c(c1)sc1c3ccccc3c3ccccc3c21. The van der Waals surface area contributed by atoms with Crippen LogP contribution < -0.4 is 0 Å². The van der Waals surface area contributed by atoms with Crippen molar-refractivity contribution in [2.24, 2.45) is 0 Å². The van der Waals surface area contributed by atoms with Gasteiger partial charge < -0.3 is 0 Å². The molecule has 4 aromatic carbocycles. The smallest absolute Gasteiger partial charge is 0.0440 e. The zero-order valence-corrected chi connectivity index (χ0v) is 14.7. The van der Waals surface area contributed by atoms with Crippen LogP contribution in [0.4, 0.5) is 0 Å². The normalized spacial score (nSPS) is 12.1. The van der Waals surface area contributed by atoms with E-state index in [0.29, 0.717) is 5.92 Å². The predicted molar refractivity (Wildman–Crippen MR) is 108 cm³/mol. The second-order valence-corrected chi connectivity index (χ2v) is 7.86. The Hall–Kier alpha value is -2.38. The number of fused-ring (bicyclic) bond motifs is 8. The van der Waals surface area contributed by atoms with Crippen molar-refractivity contribution < 1.29 is 0 Å². The molecular weight excluding hydrogens is 308 g/mol. The van der Waals surface area contributed by atoms with Crippen LogP contribution in [0, 0.1) is 0 Å². The van der Waals surface area contributed by atoms with E-state index in [9.17, 15) is 0 Å². The monoisotopic (exact) mass is 326 g/mol. The molecule has 0 aliphatic heterocycles. The summed E-state index contributed by atoms with van der Waals surface area (Å²) >= 11 is 1.94. The van der Waals surface area contributed by atoms with E-state index in [1.807, 2.05) is 11.3 Å². The highest BCUT2D eigenvalue weighted by Crippen LogP contribution is 2.44. The van der Waals surface area contributed by atoms with Crippen LogP contribution in [-0.2, 0) is 0 Å². The Bertz CT molecular complexity index is 1220. The van der Waals surface area contributed by atoms with Crippen molar-refractivity contribution in [3.8, 4) is 0 Å². The third-order valence-corrected chi connectivity index (χ3v) is 6.22. The van der Waals surface area contributed by atoms with Gasteiger partial charge >= 0.3 is 0 Å². The molecule has 0 aliphatic carbocycles. The molecule has 1 heterocycles. The summed E-state index contributed by atoms with van der Waals surface area (Å²) in [6.45, 7) is 4.53. The Morgan fingerprint density at radius 3 is 2.00 bits per heavy atom. The maximum atomic E-state index is 2.38. The van der Waals surface area contributed by atoms with Crippen molar-refractivity contribution in [3.05, 3.63) is 72.3 Å². The van der Waals surface area contributed by atoms with Gasteiger partial charge in [-0.05, 0) is 33.7 Å². The van der Waals surface area contributed by atoms with Gasteiger partial charge in [0.25, 0.3) is 0 Å². The van der Waals surface area contributed by atoms with Gasteiger partial charge in [-0.3, -0.25) is 0 Å². The lowest BCUT2D eigenvalue weighted by Crippen LogP contribution is -1.85. The van der Waals surface area contributed by atoms with Crippen molar-refractivity contribution in [1.29, 1.82) is 0 Å². The van der Waals surface area contributed by atoms with Gasteiger partial charge in [0.15, 0.2) is 0 Å². The fraction of sp³-hybridized carbons (Fsp3) is 0.130. The summed E-state index contributed by atoms with van der Waals surface area (Å²) < 4.78 is 2.82. The summed E-state index contributed by atoms with van der Waals surface area (Å²) in [5, 5.41) is 8.26. The maximum absolute atomic E-state index is 2.38. The van der Waals surface area contributed by atoms with Crippen molar-refractivity contribution in [3.63, 3.8) is 0 Å². The van der Waals surface area contributed by atoms with E-state index in [1.165, 1.54) is 47.3 Å². The van der Waals surface area contributed by atoms with Crippen molar-refractivity contribution in [1.82, 2.24) is 0 Å². The van der Waals surface area contributed by atoms with Gasteiger partial charge in [0, 0.05) is 25.6 Å². The molecule has 0 nitrogen and oxygen atoms in total. The minimum atomic E-state index is 0.563. The van der Waals surface area contributed by atoms with Crippen molar-refractivity contribution >= 4 is 53.1 Å². The quantitative estimate of drug-likeness (QED) is 0.280. The predicted octanol–water partition coefficient (Wildman–Crippen LogP) is 7.48. The van der Waals surface area contributed by atoms with Gasteiger partial charge in [-0.25, -0.2) is 0 Å². The van der Waals surface area contributed by atoms with E-state index < -0.39 is 0 Å². The molecule has 0 spiro atoms. The van der Waals surface area contributed by atoms with Crippen molar-refractivity contribution in [2.75, 3.05) is 0 Å². The standard InChI is InChI=1S/C23H18S/c1-14(2)15-11-12-20-21(13-15)24-23-19-10-6-4-8-17(19)16-7-3-5-9-18(16)22(20)23/h3-14H,1-2H3. The first-order valence-corrected chi connectivity index (χ1v) is 9.31. The summed E-state index contributed by atoms with van der Waals surface area (Å²) in [4.78, 5) is 0. The fourth-order valence-electron chi connectivity index (χ4n) is 3.78. The van der Waals surface area contributed by atoms with Gasteiger partial charge in [0.2, 0.25) is 0 Å². The minimum Gasteiger partial charge on any atom is -0.134 e. The van der Waals surface area contributed by atoms with E-state index in [4.69, 9.17) is 0 Å². The lowest BCUT2D eigenvalue weighted by molar-refractivity contribution is 0.869. The molecular formula is C23H18S. The minimum absolute atomic E-state index is 0.563. The van der Waals surface area contributed by atoms with Crippen LogP contribution in [0.2, 0.25) is 0 Å². The lowest BCUT2D eigenvalue weighted by Gasteiger charge is -2.07. The second-order valence-electron chi connectivity index (χ2n) is 6.81. The molecule has 0 unspecified atom stereocenters. The van der Waals surface area contributed by atoms with Crippen LogP contribution in [0.3, 0.4) is 0 Å². The molecule has 0 saturated carbocycles. The molecule has 1 aromatic heterocycles. The zero-order valence-electron chi connectivity index (χ0n) is 13.8. The van der Waals surface area contributed by atoms with Crippen molar-refractivity contribution in [2.45, 2.75) is 19.8 Å². The van der Waals surface area contributed by atoms with Gasteiger partial charge in [-0.15, -0.1) is 11.3 Å². The highest BCUT2D eigenvalue weighted by Gasteiger charge is 2.14. The second kappa shape index (κ2) is 5.06. The van der Waals surface area contributed by atoms with E-state index >= 15 is 0 Å². The third-order valence-electron chi connectivity index (χ3n) is 5.04. The number of benzene rings is 4. The molecule has 0 saturated heterocycles. The number of thiophene rings is 1. The summed E-state index contributed by atoms with van der Waals surface area (Å²) in [6.07, 6.45) is 0. The molecule has 0 amide bonds. The number of hydrogen-bond acceptors (Lipinski definition) is 1. The topological polar surface area (TPSA) is 0 Å². The molecule has 5 rings (SSSR count). The number of rotatable bonds is 1. The Kier molecular flexibility index (Phi) is 2.95. The summed E-state index contributed by atoms with van der Waals surface area (Å²) in [5.41, 5.74) is 1.42. The first-order chi connectivity index (χ1) is 11.7. The average Bonchev–Trinajstić information content (AvgIpc) is 3.01. The van der Waals surface area contributed by atoms with Crippen LogP contribution in [0.5, 0.6) is 0 Å². The molecule has 1 heteroatoms. The first-order valence-electron chi connectivity index (χ1n) is 8.49. The molecule has 5 aromatic rings. The van der Waals surface area contributed by atoms with Gasteiger partial charge in [0.05, 0.1) is 0 Å².